The van der Waals surface area contributed by atoms with Gasteiger partial charge in [0.1, 0.15) is 5.60 Å². The van der Waals surface area contributed by atoms with E-state index in [1.54, 1.807) is 34.6 Å². The van der Waals surface area contributed by atoms with Crippen LogP contribution >= 0.6 is 0 Å². The first-order chi connectivity index (χ1) is 10.7. The molecule has 0 aromatic rings. The molecule has 7 heteroatoms. The standard InChI is InChI=1S/C16H27NO6/c1-6-21-13(18)11-8-12(14(19)22-7-2)10-17(9-11)15(20)23-16(3,4)5/h11-12H,6-10H2,1-5H3/t11-,12+. The van der Waals surface area contributed by atoms with Gasteiger partial charge in [0.05, 0.1) is 25.0 Å². The smallest absolute Gasteiger partial charge is 0.410 e. The van der Waals surface area contributed by atoms with E-state index in [4.69, 9.17) is 14.2 Å². The maximum atomic E-state index is 12.3. The number of nitrogens with zero attached hydrogens (tertiary/aromatic N) is 1. The van der Waals surface area contributed by atoms with Gasteiger partial charge in [-0.15, -0.1) is 0 Å². The average molecular weight is 329 g/mol. The van der Waals surface area contributed by atoms with Gasteiger partial charge in [-0.2, -0.15) is 0 Å². The van der Waals surface area contributed by atoms with Gasteiger partial charge in [0.25, 0.3) is 0 Å². The molecular formula is C16H27NO6. The highest BCUT2D eigenvalue weighted by Crippen LogP contribution is 2.26. The summed E-state index contributed by atoms with van der Waals surface area (Å²) >= 11 is 0. The van der Waals surface area contributed by atoms with Crippen LogP contribution in [-0.4, -0.2) is 54.8 Å². The quantitative estimate of drug-likeness (QED) is 0.579. The predicted molar refractivity (Wildman–Crippen MR) is 82.7 cm³/mol. The summed E-state index contributed by atoms with van der Waals surface area (Å²) in [7, 11) is 0. The first-order valence-electron chi connectivity index (χ1n) is 7.99. The van der Waals surface area contributed by atoms with Crippen LogP contribution in [0.1, 0.15) is 41.0 Å². The number of ether oxygens (including phenoxy) is 3. The topological polar surface area (TPSA) is 82.1 Å². The van der Waals surface area contributed by atoms with Crippen LogP contribution < -0.4 is 0 Å². The summed E-state index contributed by atoms with van der Waals surface area (Å²) in [4.78, 5) is 37.7. The second-order valence-corrected chi connectivity index (χ2v) is 6.52. The van der Waals surface area contributed by atoms with Crippen molar-refractivity contribution in [1.82, 2.24) is 4.90 Å². The summed E-state index contributed by atoms with van der Waals surface area (Å²) in [5, 5.41) is 0. The van der Waals surface area contributed by atoms with Crippen LogP contribution in [0.2, 0.25) is 0 Å². The summed E-state index contributed by atoms with van der Waals surface area (Å²) < 4.78 is 15.4. The number of likely N-dealkylation sites (tertiary alicyclic amines) is 1. The molecule has 1 rings (SSSR count). The third-order valence-electron chi connectivity index (χ3n) is 3.34. The van der Waals surface area contributed by atoms with E-state index in [-0.39, 0.29) is 26.3 Å². The van der Waals surface area contributed by atoms with Gasteiger partial charge in [0.2, 0.25) is 0 Å². The molecule has 1 amide bonds. The number of carbonyl (C=O) groups excluding carboxylic acids is 3. The minimum absolute atomic E-state index is 0.184. The summed E-state index contributed by atoms with van der Waals surface area (Å²) in [6.45, 7) is 9.61. The number of esters is 2. The van der Waals surface area contributed by atoms with Crippen molar-refractivity contribution in [3.63, 3.8) is 0 Å². The van der Waals surface area contributed by atoms with Crippen LogP contribution in [0, 0.1) is 11.8 Å². The van der Waals surface area contributed by atoms with Crippen LogP contribution in [-0.2, 0) is 23.8 Å². The van der Waals surface area contributed by atoms with Gasteiger partial charge in [-0.1, -0.05) is 0 Å². The lowest BCUT2D eigenvalue weighted by molar-refractivity contribution is -0.156. The first kappa shape index (κ1) is 19.3. The van der Waals surface area contributed by atoms with Crippen LogP contribution in [0.15, 0.2) is 0 Å². The summed E-state index contributed by atoms with van der Waals surface area (Å²) in [5.41, 5.74) is -0.645. The van der Waals surface area contributed by atoms with Gasteiger partial charge in [0, 0.05) is 13.1 Å². The lowest BCUT2D eigenvalue weighted by Crippen LogP contribution is -2.50. The molecule has 23 heavy (non-hydrogen) atoms. The number of piperidine rings is 1. The Balaban J connectivity index is 2.86. The van der Waals surface area contributed by atoms with Gasteiger partial charge in [-0.25, -0.2) is 4.79 Å². The van der Waals surface area contributed by atoms with Crippen molar-refractivity contribution < 1.29 is 28.6 Å². The van der Waals surface area contributed by atoms with Crippen molar-refractivity contribution in [3.8, 4) is 0 Å². The van der Waals surface area contributed by atoms with Gasteiger partial charge >= 0.3 is 18.0 Å². The van der Waals surface area contributed by atoms with Crippen LogP contribution in [0.25, 0.3) is 0 Å². The highest BCUT2D eigenvalue weighted by molar-refractivity contribution is 5.79. The first-order valence-corrected chi connectivity index (χ1v) is 7.99. The SMILES string of the molecule is CCOC(=O)[C@@H]1C[C@H](C(=O)OCC)CN(C(=O)OC(C)(C)C)C1. The van der Waals surface area contributed by atoms with Crippen molar-refractivity contribution in [3.05, 3.63) is 0 Å². The fourth-order valence-corrected chi connectivity index (χ4v) is 2.44. The highest BCUT2D eigenvalue weighted by atomic mass is 16.6. The van der Waals surface area contributed by atoms with E-state index in [1.165, 1.54) is 4.90 Å². The number of hydrogen-bond donors (Lipinski definition) is 0. The molecule has 1 aliphatic heterocycles. The Bertz CT molecular complexity index is 416. The van der Waals surface area contributed by atoms with Crippen LogP contribution in [0.3, 0.4) is 0 Å². The molecule has 0 aliphatic carbocycles. The Kier molecular flexibility index (Phi) is 6.84. The molecule has 0 aromatic carbocycles. The summed E-state index contributed by atoms with van der Waals surface area (Å²) in [6, 6.07) is 0. The van der Waals surface area contributed by atoms with Gasteiger partial charge in [-0.05, 0) is 41.0 Å². The number of carbonyl (C=O) groups is 3. The van der Waals surface area contributed by atoms with E-state index >= 15 is 0 Å². The zero-order valence-electron chi connectivity index (χ0n) is 14.6. The lowest BCUT2D eigenvalue weighted by Gasteiger charge is -2.36. The fraction of sp³-hybridized carbons (Fsp3) is 0.812. The van der Waals surface area contributed by atoms with Crippen molar-refractivity contribution in [2.75, 3.05) is 26.3 Å². The third kappa shape index (κ3) is 6.08. The molecule has 132 valence electrons. The van der Waals surface area contributed by atoms with E-state index in [0.29, 0.717) is 6.42 Å². The van der Waals surface area contributed by atoms with Gasteiger partial charge in [0.15, 0.2) is 0 Å². The molecule has 0 aromatic heterocycles. The number of amides is 1. The molecule has 0 radical (unpaired) electrons. The van der Waals surface area contributed by atoms with Crippen molar-refractivity contribution in [2.45, 2.75) is 46.6 Å². The molecule has 0 N–H and O–H groups in total. The minimum atomic E-state index is -0.645. The summed E-state index contributed by atoms with van der Waals surface area (Å²) in [5.74, 6) is -1.92. The summed E-state index contributed by atoms with van der Waals surface area (Å²) in [6.07, 6.45) is -0.224. The molecule has 1 heterocycles. The van der Waals surface area contributed by atoms with Gasteiger partial charge in [-0.3, -0.25) is 9.59 Å². The zero-order valence-corrected chi connectivity index (χ0v) is 14.6. The van der Waals surface area contributed by atoms with Gasteiger partial charge < -0.3 is 19.1 Å². The minimum Gasteiger partial charge on any atom is -0.466 e. The van der Waals surface area contributed by atoms with Crippen molar-refractivity contribution in [1.29, 1.82) is 0 Å². The maximum absolute atomic E-state index is 12.3. The van der Waals surface area contributed by atoms with Crippen LogP contribution in [0.5, 0.6) is 0 Å². The zero-order chi connectivity index (χ0) is 17.6. The molecule has 0 saturated carbocycles. The number of hydrogen-bond acceptors (Lipinski definition) is 6. The normalized spacial score (nSPS) is 21.5. The molecule has 2 atom stereocenters. The fourth-order valence-electron chi connectivity index (χ4n) is 2.44. The lowest BCUT2D eigenvalue weighted by atomic mass is 9.89. The van der Waals surface area contributed by atoms with E-state index in [2.05, 4.69) is 0 Å². The third-order valence-corrected chi connectivity index (χ3v) is 3.34. The molecule has 7 nitrogen and oxygen atoms in total. The highest BCUT2D eigenvalue weighted by Gasteiger charge is 2.39. The Morgan fingerprint density at radius 3 is 1.74 bits per heavy atom. The molecule has 1 fully saturated rings. The Morgan fingerprint density at radius 1 is 0.957 bits per heavy atom. The van der Waals surface area contributed by atoms with E-state index < -0.39 is 35.5 Å². The monoisotopic (exact) mass is 329 g/mol. The Morgan fingerprint density at radius 2 is 1.39 bits per heavy atom. The van der Waals surface area contributed by atoms with E-state index in [1.807, 2.05) is 0 Å². The second-order valence-electron chi connectivity index (χ2n) is 6.52. The molecule has 1 aliphatic rings. The van der Waals surface area contributed by atoms with Crippen LogP contribution in [0.4, 0.5) is 4.79 Å². The second kappa shape index (κ2) is 8.17. The average Bonchev–Trinajstić information content (AvgIpc) is 2.45. The molecule has 0 unspecified atom stereocenters. The molecule has 0 bridgehead atoms. The predicted octanol–water partition coefficient (Wildman–Crippen LogP) is 1.99. The molecular weight excluding hydrogens is 302 g/mol. The maximum Gasteiger partial charge on any atom is 0.410 e. The Hall–Kier alpha value is -1.79. The van der Waals surface area contributed by atoms with Crippen molar-refractivity contribution >= 4 is 18.0 Å². The molecule has 0 spiro atoms. The number of rotatable bonds is 4. The van der Waals surface area contributed by atoms with E-state index in [0.717, 1.165) is 0 Å². The Labute approximate surface area is 137 Å². The largest absolute Gasteiger partial charge is 0.466 e. The van der Waals surface area contributed by atoms with E-state index in [9.17, 15) is 14.4 Å². The van der Waals surface area contributed by atoms with Crippen molar-refractivity contribution in [2.24, 2.45) is 11.8 Å². The molecule has 1 saturated heterocycles.